The summed E-state index contributed by atoms with van der Waals surface area (Å²) >= 11 is 0. The molecular formula is C9H4F3N5. The predicted octanol–water partition coefficient (Wildman–Crippen LogP) is 1.55. The van der Waals surface area contributed by atoms with Crippen molar-refractivity contribution >= 4 is 0 Å². The van der Waals surface area contributed by atoms with Crippen molar-refractivity contribution in [3.63, 3.8) is 0 Å². The van der Waals surface area contributed by atoms with E-state index >= 15 is 0 Å². The van der Waals surface area contributed by atoms with Crippen molar-refractivity contribution in [3.8, 4) is 11.9 Å². The fourth-order valence-electron chi connectivity index (χ4n) is 1.09. The topological polar surface area (TPSA) is 67.4 Å². The van der Waals surface area contributed by atoms with Gasteiger partial charge in [0.05, 0.1) is 24.2 Å². The van der Waals surface area contributed by atoms with E-state index in [2.05, 4.69) is 15.1 Å². The van der Waals surface area contributed by atoms with Crippen LogP contribution in [-0.2, 0) is 6.18 Å². The molecule has 0 unspecified atom stereocenters. The van der Waals surface area contributed by atoms with Crippen molar-refractivity contribution in [1.29, 1.82) is 5.26 Å². The second-order valence-corrected chi connectivity index (χ2v) is 3.04. The maximum atomic E-state index is 12.3. The van der Waals surface area contributed by atoms with Crippen molar-refractivity contribution in [2.75, 3.05) is 0 Å². The molecule has 0 amide bonds. The zero-order valence-electron chi connectivity index (χ0n) is 8.18. The van der Waals surface area contributed by atoms with Crippen LogP contribution in [0.25, 0.3) is 5.82 Å². The Bertz CT molecular complexity index is 564. The molecule has 0 aliphatic rings. The van der Waals surface area contributed by atoms with Gasteiger partial charge in [0.1, 0.15) is 6.07 Å². The second kappa shape index (κ2) is 3.86. The quantitative estimate of drug-likeness (QED) is 0.757. The monoisotopic (exact) mass is 239 g/mol. The highest BCUT2D eigenvalue weighted by molar-refractivity contribution is 5.24. The molecule has 0 aromatic carbocycles. The number of rotatable bonds is 1. The van der Waals surface area contributed by atoms with E-state index < -0.39 is 11.7 Å². The van der Waals surface area contributed by atoms with E-state index in [0.29, 0.717) is 6.20 Å². The number of nitrogens with zero attached hydrogens (tertiary/aromatic N) is 5. The molecule has 86 valence electrons. The summed E-state index contributed by atoms with van der Waals surface area (Å²) in [5.74, 6) is 0.111. The summed E-state index contributed by atoms with van der Waals surface area (Å²) in [5.41, 5.74) is -0.791. The fraction of sp³-hybridized carbons (Fsp3) is 0.111. The van der Waals surface area contributed by atoms with Gasteiger partial charge < -0.3 is 0 Å². The smallest absolute Gasteiger partial charge is 0.240 e. The number of halogens is 3. The summed E-state index contributed by atoms with van der Waals surface area (Å²) in [6, 6.07) is 1.75. The SMILES string of the molecule is N#Cc1cnc(-n2cc(C(F)(F)F)cn2)cn1. The zero-order chi connectivity index (χ0) is 12.5. The van der Waals surface area contributed by atoms with Crippen molar-refractivity contribution in [3.05, 3.63) is 36.0 Å². The van der Waals surface area contributed by atoms with Crippen LogP contribution in [0.3, 0.4) is 0 Å². The first-order valence-corrected chi connectivity index (χ1v) is 4.35. The number of hydrogen-bond acceptors (Lipinski definition) is 4. The number of nitriles is 1. The molecule has 0 bridgehead atoms. The van der Waals surface area contributed by atoms with Gasteiger partial charge in [-0.15, -0.1) is 0 Å². The minimum absolute atomic E-state index is 0.0805. The van der Waals surface area contributed by atoms with E-state index in [-0.39, 0.29) is 11.5 Å². The lowest BCUT2D eigenvalue weighted by Crippen LogP contribution is -2.03. The average Bonchev–Trinajstić information content (AvgIpc) is 2.78. The van der Waals surface area contributed by atoms with Crippen LogP contribution < -0.4 is 0 Å². The molecule has 2 rings (SSSR count). The summed E-state index contributed by atoms with van der Waals surface area (Å²) in [7, 11) is 0. The Kier molecular flexibility index (Phi) is 2.51. The van der Waals surface area contributed by atoms with Gasteiger partial charge in [-0.25, -0.2) is 14.6 Å². The highest BCUT2D eigenvalue weighted by Crippen LogP contribution is 2.28. The Morgan fingerprint density at radius 1 is 1.18 bits per heavy atom. The normalized spacial score (nSPS) is 11.2. The molecule has 5 nitrogen and oxygen atoms in total. The lowest BCUT2D eigenvalue weighted by Gasteiger charge is -2.01. The molecule has 17 heavy (non-hydrogen) atoms. The van der Waals surface area contributed by atoms with E-state index in [1.54, 1.807) is 6.07 Å². The Morgan fingerprint density at radius 2 is 1.94 bits per heavy atom. The van der Waals surface area contributed by atoms with Gasteiger partial charge in [-0.05, 0) is 0 Å². The van der Waals surface area contributed by atoms with Crippen molar-refractivity contribution < 1.29 is 13.2 Å². The van der Waals surface area contributed by atoms with E-state index in [1.165, 1.54) is 6.20 Å². The van der Waals surface area contributed by atoms with Crippen LogP contribution in [-0.4, -0.2) is 19.7 Å². The maximum absolute atomic E-state index is 12.3. The van der Waals surface area contributed by atoms with Gasteiger partial charge in [-0.1, -0.05) is 0 Å². The van der Waals surface area contributed by atoms with Gasteiger partial charge in [0.2, 0.25) is 0 Å². The standard InChI is InChI=1S/C9H4F3N5/c10-9(11,12)6-2-16-17(5-6)8-4-14-7(1-13)3-15-8/h2-5H. The zero-order valence-corrected chi connectivity index (χ0v) is 8.18. The van der Waals surface area contributed by atoms with Gasteiger partial charge in [0.15, 0.2) is 11.5 Å². The van der Waals surface area contributed by atoms with Gasteiger partial charge in [-0.3, -0.25) is 0 Å². The van der Waals surface area contributed by atoms with E-state index in [4.69, 9.17) is 5.26 Å². The number of alkyl halides is 3. The van der Waals surface area contributed by atoms with Gasteiger partial charge in [0.25, 0.3) is 0 Å². The van der Waals surface area contributed by atoms with Gasteiger partial charge in [-0.2, -0.15) is 23.5 Å². The largest absolute Gasteiger partial charge is 0.419 e. The molecule has 2 aromatic rings. The van der Waals surface area contributed by atoms with E-state index in [9.17, 15) is 13.2 Å². The molecule has 0 radical (unpaired) electrons. The van der Waals surface area contributed by atoms with Crippen LogP contribution >= 0.6 is 0 Å². The lowest BCUT2D eigenvalue weighted by molar-refractivity contribution is -0.137. The third-order valence-corrected chi connectivity index (χ3v) is 1.90. The highest BCUT2D eigenvalue weighted by Gasteiger charge is 2.32. The van der Waals surface area contributed by atoms with Crippen LogP contribution in [0.4, 0.5) is 13.2 Å². The maximum Gasteiger partial charge on any atom is 0.419 e. The summed E-state index contributed by atoms with van der Waals surface area (Å²) in [4.78, 5) is 7.44. The molecule has 2 heterocycles. The molecule has 0 fully saturated rings. The van der Waals surface area contributed by atoms with Crippen molar-refractivity contribution in [2.45, 2.75) is 6.18 Å². The highest BCUT2D eigenvalue weighted by atomic mass is 19.4. The molecule has 0 saturated carbocycles. The summed E-state index contributed by atoms with van der Waals surface area (Å²) in [6.45, 7) is 0. The van der Waals surface area contributed by atoms with Gasteiger partial charge >= 0.3 is 6.18 Å². The molecular weight excluding hydrogens is 235 g/mol. The number of hydrogen-bond donors (Lipinski definition) is 0. The molecule has 2 aromatic heterocycles. The van der Waals surface area contributed by atoms with Crippen LogP contribution in [0.2, 0.25) is 0 Å². The van der Waals surface area contributed by atoms with Crippen molar-refractivity contribution in [2.24, 2.45) is 0 Å². The first-order chi connectivity index (χ1) is 8.00. The minimum atomic E-state index is -4.45. The van der Waals surface area contributed by atoms with Gasteiger partial charge in [0, 0.05) is 6.20 Å². The third-order valence-electron chi connectivity index (χ3n) is 1.90. The Balaban J connectivity index is 2.34. The molecule has 0 aliphatic carbocycles. The summed E-state index contributed by atoms with van der Waals surface area (Å²) in [5, 5.41) is 12.0. The summed E-state index contributed by atoms with van der Waals surface area (Å²) in [6.07, 6.45) is -0.621. The van der Waals surface area contributed by atoms with Crippen LogP contribution in [0.5, 0.6) is 0 Å². The Labute approximate surface area is 93.2 Å². The molecule has 0 spiro atoms. The fourth-order valence-corrected chi connectivity index (χ4v) is 1.09. The number of aromatic nitrogens is 4. The molecule has 0 saturated heterocycles. The van der Waals surface area contributed by atoms with Crippen LogP contribution in [0, 0.1) is 11.3 Å². The third kappa shape index (κ3) is 2.23. The van der Waals surface area contributed by atoms with Crippen LogP contribution in [0.1, 0.15) is 11.3 Å². The second-order valence-electron chi connectivity index (χ2n) is 3.04. The molecule has 8 heteroatoms. The Hall–Kier alpha value is -2.43. The lowest BCUT2D eigenvalue weighted by atomic mass is 10.4. The van der Waals surface area contributed by atoms with E-state index in [1.807, 2.05) is 0 Å². The first-order valence-electron chi connectivity index (χ1n) is 4.35. The van der Waals surface area contributed by atoms with Crippen molar-refractivity contribution in [1.82, 2.24) is 19.7 Å². The molecule has 0 aliphatic heterocycles. The van der Waals surface area contributed by atoms with Crippen LogP contribution in [0.15, 0.2) is 24.8 Å². The predicted molar refractivity (Wildman–Crippen MR) is 48.9 cm³/mol. The molecule has 0 N–H and O–H groups in total. The average molecular weight is 239 g/mol. The van der Waals surface area contributed by atoms with E-state index in [0.717, 1.165) is 17.1 Å². The Morgan fingerprint density at radius 3 is 2.41 bits per heavy atom. The first kappa shape index (κ1) is 11.1. The summed E-state index contributed by atoms with van der Waals surface area (Å²) < 4.78 is 37.9. The minimum Gasteiger partial charge on any atom is -0.240 e. The molecule has 0 atom stereocenters.